The molecule has 0 aromatic heterocycles. The molecule has 0 aliphatic carbocycles. The van der Waals surface area contributed by atoms with E-state index in [1.54, 1.807) is 18.2 Å². The molecule has 4 N–H and O–H groups in total. The molecule has 0 bridgehead atoms. The Hall–Kier alpha value is -1.71. The molecule has 4 heteroatoms. The van der Waals surface area contributed by atoms with Gasteiger partial charge in [-0.05, 0) is 30.7 Å². The molecule has 2 aromatic rings. The number of nitrogen functional groups attached to an aromatic ring is 1. The van der Waals surface area contributed by atoms with Crippen LogP contribution in [-0.4, -0.2) is 11.7 Å². The Morgan fingerprint density at radius 2 is 1.89 bits per heavy atom. The van der Waals surface area contributed by atoms with Crippen molar-refractivity contribution >= 4 is 23.0 Å². The summed E-state index contributed by atoms with van der Waals surface area (Å²) in [6.07, 6.45) is 0. The zero-order valence-electron chi connectivity index (χ0n) is 10.7. The van der Waals surface area contributed by atoms with Crippen LogP contribution in [0.25, 0.3) is 0 Å². The number of nitrogens with one attached hydrogen (secondary N) is 1. The first kappa shape index (κ1) is 13.7. The highest BCUT2D eigenvalue weighted by molar-refractivity contribution is 6.31. The lowest BCUT2D eigenvalue weighted by Gasteiger charge is -2.31. The van der Waals surface area contributed by atoms with E-state index in [-0.39, 0.29) is 6.61 Å². The van der Waals surface area contributed by atoms with Crippen molar-refractivity contribution in [2.45, 2.75) is 12.5 Å². The average molecular weight is 277 g/mol. The van der Waals surface area contributed by atoms with Crippen LogP contribution < -0.4 is 11.1 Å². The molecule has 100 valence electrons. The van der Waals surface area contributed by atoms with Crippen LogP contribution in [0.3, 0.4) is 0 Å². The van der Waals surface area contributed by atoms with E-state index in [9.17, 15) is 5.11 Å². The summed E-state index contributed by atoms with van der Waals surface area (Å²) in [4.78, 5) is 0. The van der Waals surface area contributed by atoms with Gasteiger partial charge in [0.25, 0.3) is 0 Å². The van der Waals surface area contributed by atoms with Crippen LogP contribution in [0.2, 0.25) is 5.02 Å². The summed E-state index contributed by atoms with van der Waals surface area (Å²) in [5.74, 6) is 0. The van der Waals surface area contributed by atoms with Crippen molar-refractivity contribution in [2.75, 3.05) is 17.7 Å². The van der Waals surface area contributed by atoms with Crippen LogP contribution in [0.1, 0.15) is 12.5 Å². The van der Waals surface area contributed by atoms with Crippen molar-refractivity contribution < 1.29 is 5.11 Å². The largest absolute Gasteiger partial charge is 0.397 e. The van der Waals surface area contributed by atoms with Crippen LogP contribution in [0.15, 0.2) is 48.5 Å². The Morgan fingerprint density at radius 3 is 2.53 bits per heavy atom. The van der Waals surface area contributed by atoms with Crippen LogP contribution in [0, 0.1) is 0 Å². The van der Waals surface area contributed by atoms with Gasteiger partial charge in [-0.15, -0.1) is 0 Å². The van der Waals surface area contributed by atoms with E-state index in [4.69, 9.17) is 17.3 Å². The smallest absolute Gasteiger partial charge is 0.0829 e. The molecule has 2 rings (SSSR count). The van der Waals surface area contributed by atoms with Crippen molar-refractivity contribution in [1.29, 1.82) is 0 Å². The second kappa shape index (κ2) is 5.51. The maximum Gasteiger partial charge on any atom is 0.0829 e. The van der Waals surface area contributed by atoms with E-state index < -0.39 is 5.54 Å². The molecule has 19 heavy (non-hydrogen) atoms. The van der Waals surface area contributed by atoms with Crippen LogP contribution in [0.4, 0.5) is 11.4 Å². The lowest BCUT2D eigenvalue weighted by molar-refractivity contribution is 0.224. The van der Waals surface area contributed by atoms with Crippen molar-refractivity contribution in [3.8, 4) is 0 Å². The van der Waals surface area contributed by atoms with Gasteiger partial charge in [0, 0.05) is 5.02 Å². The number of halogens is 1. The Labute approximate surface area is 118 Å². The molecule has 1 unspecified atom stereocenters. The number of aliphatic hydroxyl groups is 1. The molecule has 2 aromatic carbocycles. The topological polar surface area (TPSA) is 58.3 Å². The monoisotopic (exact) mass is 276 g/mol. The molecule has 0 heterocycles. The molecule has 0 aliphatic heterocycles. The lowest BCUT2D eigenvalue weighted by atomic mass is 9.92. The summed E-state index contributed by atoms with van der Waals surface area (Å²) in [6, 6.07) is 15.0. The van der Waals surface area contributed by atoms with Gasteiger partial charge < -0.3 is 16.2 Å². The Bertz CT molecular complexity index is 559. The van der Waals surface area contributed by atoms with E-state index in [0.29, 0.717) is 16.4 Å². The summed E-state index contributed by atoms with van der Waals surface area (Å²) in [6.45, 7) is 1.87. The molecule has 0 aliphatic rings. The summed E-state index contributed by atoms with van der Waals surface area (Å²) < 4.78 is 0. The average Bonchev–Trinajstić information content (AvgIpc) is 2.44. The number of aliphatic hydroxyl groups excluding tert-OH is 1. The highest BCUT2D eigenvalue weighted by Crippen LogP contribution is 2.30. The van der Waals surface area contributed by atoms with Gasteiger partial charge in [-0.3, -0.25) is 0 Å². The molecule has 0 amide bonds. The minimum atomic E-state index is -0.611. The van der Waals surface area contributed by atoms with Crippen LogP contribution >= 0.6 is 11.6 Å². The van der Waals surface area contributed by atoms with Gasteiger partial charge in [0.05, 0.1) is 23.5 Å². The van der Waals surface area contributed by atoms with Gasteiger partial charge in [0.2, 0.25) is 0 Å². The van der Waals surface area contributed by atoms with E-state index in [1.807, 2.05) is 37.3 Å². The summed E-state index contributed by atoms with van der Waals surface area (Å²) in [7, 11) is 0. The van der Waals surface area contributed by atoms with Crippen molar-refractivity contribution in [2.24, 2.45) is 0 Å². The fourth-order valence-electron chi connectivity index (χ4n) is 1.94. The van der Waals surface area contributed by atoms with Crippen molar-refractivity contribution in [3.63, 3.8) is 0 Å². The van der Waals surface area contributed by atoms with E-state index in [2.05, 4.69) is 5.32 Å². The van der Waals surface area contributed by atoms with E-state index in [0.717, 1.165) is 5.56 Å². The molecule has 0 radical (unpaired) electrons. The highest BCUT2D eigenvalue weighted by atomic mass is 35.5. The predicted octanol–water partition coefficient (Wildman–Crippen LogP) is 3.24. The zero-order chi connectivity index (χ0) is 13.9. The summed E-state index contributed by atoms with van der Waals surface area (Å²) in [5.41, 5.74) is 7.61. The minimum Gasteiger partial charge on any atom is -0.397 e. The molecule has 0 saturated heterocycles. The number of rotatable bonds is 4. The molecule has 0 spiro atoms. The first-order chi connectivity index (χ1) is 9.05. The number of anilines is 2. The predicted molar refractivity (Wildman–Crippen MR) is 80.4 cm³/mol. The zero-order valence-corrected chi connectivity index (χ0v) is 11.5. The van der Waals surface area contributed by atoms with Gasteiger partial charge in [-0.1, -0.05) is 41.9 Å². The number of benzene rings is 2. The minimum absolute atomic E-state index is 0.0526. The Balaban J connectivity index is 2.36. The maximum absolute atomic E-state index is 9.72. The van der Waals surface area contributed by atoms with Crippen LogP contribution in [-0.2, 0) is 5.54 Å². The quantitative estimate of drug-likeness (QED) is 0.752. The number of hydrogen-bond donors (Lipinski definition) is 3. The fraction of sp³-hybridized carbons (Fsp3) is 0.200. The van der Waals surface area contributed by atoms with E-state index >= 15 is 0 Å². The highest BCUT2D eigenvalue weighted by Gasteiger charge is 2.26. The Morgan fingerprint density at radius 1 is 1.21 bits per heavy atom. The number of hydrogen-bond acceptors (Lipinski definition) is 3. The first-order valence-electron chi connectivity index (χ1n) is 6.05. The van der Waals surface area contributed by atoms with Crippen LogP contribution in [0.5, 0.6) is 0 Å². The van der Waals surface area contributed by atoms with Gasteiger partial charge in [0.15, 0.2) is 0 Å². The molecular weight excluding hydrogens is 260 g/mol. The first-order valence-corrected chi connectivity index (χ1v) is 6.42. The van der Waals surface area contributed by atoms with Crippen molar-refractivity contribution in [1.82, 2.24) is 0 Å². The normalized spacial score (nSPS) is 13.8. The van der Waals surface area contributed by atoms with Gasteiger partial charge in [-0.2, -0.15) is 0 Å². The fourth-order valence-corrected chi connectivity index (χ4v) is 2.12. The number of nitrogens with two attached hydrogens (primary N) is 1. The Kier molecular flexibility index (Phi) is 3.98. The van der Waals surface area contributed by atoms with E-state index in [1.165, 1.54) is 0 Å². The molecule has 0 fully saturated rings. The third-order valence-electron chi connectivity index (χ3n) is 3.15. The standard InChI is InChI=1S/C15H17ClN2O/c1-15(10-19,11-5-3-2-4-6-11)18-14-9-12(16)7-8-13(14)17/h2-9,18-19H,10,17H2,1H3. The second-order valence-corrected chi connectivity index (χ2v) is 5.15. The van der Waals surface area contributed by atoms with Gasteiger partial charge >= 0.3 is 0 Å². The molecule has 1 atom stereocenters. The molecule has 0 saturated carbocycles. The SMILES string of the molecule is CC(CO)(Nc1cc(Cl)ccc1N)c1ccccc1. The molecular formula is C15H17ClN2O. The summed E-state index contributed by atoms with van der Waals surface area (Å²) in [5, 5.41) is 13.6. The lowest BCUT2D eigenvalue weighted by Crippen LogP contribution is -2.36. The van der Waals surface area contributed by atoms with Crippen molar-refractivity contribution in [3.05, 3.63) is 59.1 Å². The third-order valence-corrected chi connectivity index (χ3v) is 3.39. The maximum atomic E-state index is 9.72. The molecule has 3 nitrogen and oxygen atoms in total. The second-order valence-electron chi connectivity index (χ2n) is 4.71. The van der Waals surface area contributed by atoms with Gasteiger partial charge in [0.1, 0.15) is 0 Å². The third kappa shape index (κ3) is 3.00. The van der Waals surface area contributed by atoms with Gasteiger partial charge in [-0.25, -0.2) is 0 Å². The summed E-state index contributed by atoms with van der Waals surface area (Å²) >= 11 is 5.98.